The van der Waals surface area contributed by atoms with Crippen LogP contribution in [0, 0.1) is 0 Å². The van der Waals surface area contributed by atoms with Gasteiger partial charge in [-0.1, -0.05) is 44.9 Å². The molecule has 1 aromatic carbocycles. The van der Waals surface area contributed by atoms with Gasteiger partial charge in [0.25, 0.3) is 5.91 Å². The highest BCUT2D eigenvalue weighted by atomic mass is 16.2. The van der Waals surface area contributed by atoms with Crippen LogP contribution in [0.15, 0.2) is 24.3 Å². The van der Waals surface area contributed by atoms with E-state index in [0.717, 1.165) is 43.5 Å². The molecule has 0 fully saturated rings. The van der Waals surface area contributed by atoms with Gasteiger partial charge in [0.1, 0.15) is 6.17 Å². The zero-order chi connectivity index (χ0) is 13.7. The van der Waals surface area contributed by atoms with Crippen molar-refractivity contribution in [3.05, 3.63) is 35.4 Å². The third kappa shape index (κ3) is 2.98. The van der Waals surface area contributed by atoms with Crippen molar-refractivity contribution in [1.82, 2.24) is 10.2 Å². The highest BCUT2D eigenvalue weighted by Crippen LogP contribution is 2.31. The Morgan fingerprint density at radius 3 is 2.63 bits per heavy atom. The van der Waals surface area contributed by atoms with Crippen LogP contribution in [-0.4, -0.2) is 23.9 Å². The Hall–Kier alpha value is -1.35. The SMILES string of the molecule is CCCCNC1c2ccccc2C(=O)N1CCCC. The maximum atomic E-state index is 12.4. The van der Waals surface area contributed by atoms with Crippen molar-refractivity contribution in [2.45, 2.75) is 45.7 Å². The van der Waals surface area contributed by atoms with E-state index in [1.54, 1.807) is 0 Å². The largest absolute Gasteiger partial charge is 0.319 e. The minimum Gasteiger partial charge on any atom is -0.319 e. The summed E-state index contributed by atoms with van der Waals surface area (Å²) < 4.78 is 0. The zero-order valence-corrected chi connectivity index (χ0v) is 12.0. The van der Waals surface area contributed by atoms with Gasteiger partial charge < -0.3 is 4.90 Å². The van der Waals surface area contributed by atoms with Gasteiger partial charge in [0.2, 0.25) is 0 Å². The Kier molecular flexibility index (Phi) is 4.97. The van der Waals surface area contributed by atoms with Crippen LogP contribution < -0.4 is 5.32 Å². The number of hydrogen-bond donors (Lipinski definition) is 1. The average Bonchev–Trinajstić information content (AvgIpc) is 2.71. The fourth-order valence-electron chi connectivity index (χ4n) is 2.56. The number of unbranched alkanes of at least 4 members (excludes halogenated alkanes) is 2. The van der Waals surface area contributed by atoms with Gasteiger partial charge in [-0.15, -0.1) is 0 Å². The molecule has 1 atom stereocenters. The van der Waals surface area contributed by atoms with Gasteiger partial charge in [-0.2, -0.15) is 0 Å². The number of carbonyl (C=O) groups excluding carboxylic acids is 1. The van der Waals surface area contributed by atoms with Crippen molar-refractivity contribution in [2.24, 2.45) is 0 Å². The van der Waals surface area contributed by atoms with Gasteiger partial charge >= 0.3 is 0 Å². The number of nitrogens with zero attached hydrogens (tertiary/aromatic N) is 1. The molecule has 3 nitrogen and oxygen atoms in total. The number of fused-ring (bicyclic) bond motifs is 1. The lowest BCUT2D eigenvalue weighted by Gasteiger charge is -2.26. The van der Waals surface area contributed by atoms with Crippen LogP contribution >= 0.6 is 0 Å². The molecule has 1 heterocycles. The standard InChI is InChI=1S/C16H24N2O/c1-3-5-11-17-15-13-9-7-8-10-14(13)16(19)18(15)12-6-4-2/h7-10,15,17H,3-6,11-12H2,1-2H3. The lowest BCUT2D eigenvalue weighted by molar-refractivity contribution is 0.0692. The molecule has 1 aromatic rings. The van der Waals surface area contributed by atoms with Crippen molar-refractivity contribution >= 4 is 5.91 Å². The van der Waals surface area contributed by atoms with Crippen LogP contribution in [0.3, 0.4) is 0 Å². The molecule has 3 heteroatoms. The van der Waals surface area contributed by atoms with Gasteiger partial charge in [-0.3, -0.25) is 10.1 Å². The molecule has 1 amide bonds. The highest BCUT2D eigenvalue weighted by Gasteiger charge is 2.35. The predicted octanol–water partition coefficient (Wildman–Crippen LogP) is 3.33. The van der Waals surface area contributed by atoms with Crippen LogP contribution in [0.1, 0.15) is 61.6 Å². The summed E-state index contributed by atoms with van der Waals surface area (Å²) in [5.41, 5.74) is 2.01. The van der Waals surface area contributed by atoms with E-state index in [9.17, 15) is 4.79 Å². The van der Waals surface area contributed by atoms with Crippen LogP contribution in [0.2, 0.25) is 0 Å². The first-order valence-electron chi connectivity index (χ1n) is 7.42. The number of rotatable bonds is 7. The lowest BCUT2D eigenvalue weighted by atomic mass is 10.1. The molecule has 1 N–H and O–H groups in total. The van der Waals surface area contributed by atoms with Crippen molar-refractivity contribution in [1.29, 1.82) is 0 Å². The molecule has 0 spiro atoms. The van der Waals surface area contributed by atoms with E-state index >= 15 is 0 Å². The van der Waals surface area contributed by atoms with E-state index < -0.39 is 0 Å². The third-order valence-electron chi connectivity index (χ3n) is 3.68. The molecular weight excluding hydrogens is 236 g/mol. The zero-order valence-electron chi connectivity index (χ0n) is 12.0. The van der Waals surface area contributed by atoms with Crippen LogP contribution in [0.4, 0.5) is 0 Å². The first-order chi connectivity index (χ1) is 9.29. The van der Waals surface area contributed by atoms with E-state index in [4.69, 9.17) is 0 Å². The smallest absolute Gasteiger partial charge is 0.255 e. The first-order valence-corrected chi connectivity index (χ1v) is 7.42. The number of nitrogens with one attached hydrogen (secondary N) is 1. The molecule has 0 saturated heterocycles. The Morgan fingerprint density at radius 1 is 1.16 bits per heavy atom. The van der Waals surface area contributed by atoms with Crippen molar-refractivity contribution in [2.75, 3.05) is 13.1 Å². The normalized spacial score (nSPS) is 17.9. The topological polar surface area (TPSA) is 32.3 Å². The monoisotopic (exact) mass is 260 g/mol. The fourth-order valence-corrected chi connectivity index (χ4v) is 2.56. The number of benzene rings is 1. The lowest BCUT2D eigenvalue weighted by Crippen LogP contribution is -2.37. The molecule has 0 aromatic heterocycles. The Bertz CT molecular complexity index is 431. The molecule has 0 saturated carbocycles. The summed E-state index contributed by atoms with van der Waals surface area (Å²) in [7, 11) is 0. The summed E-state index contributed by atoms with van der Waals surface area (Å²) >= 11 is 0. The second-order valence-electron chi connectivity index (χ2n) is 5.15. The first kappa shape index (κ1) is 14.1. The second kappa shape index (κ2) is 6.71. The van der Waals surface area contributed by atoms with E-state index in [0.29, 0.717) is 0 Å². The van der Waals surface area contributed by atoms with E-state index in [2.05, 4.69) is 25.2 Å². The molecule has 0 aliphatic carbocycles. The Morgan fingerprint density at radius 2 is 1.89 bits per heavy atom. The number of amides is 1. The highest BCUT2D eigenvalue weighted by molar-refractivity contribution is 5.99. The molecule has 19 heavy (non-hydrogen) atoms. The number of carbonyl (C=O) groups is 1. The molecule has 0 radical (unpaired) electrons. The minimum atomic E-state index is 0.0711. The number of hydrogen-bond acceptors (Lipinski definition) is 2. The Labute approximate surface area is 116 Å². The average molecular weight is 260 g/mol. The van der Waals surface area contributed by atoms with E-state index in [1.165, 1.54) is 6.42 Å². The van der Waals surface area contributed by atoms with Crippen molar-refractivity contribution < 1.29 is 4.79 Å². The van der Waals surface area contributed by atoms with Gasteiger partial charge in [-0.05, 0) is 25.5 Å². The third-order valence-corrected chi connectivity index (χ3v) is 3.68. The summed E-state index contributed by atoms with van der Waals surface area (Å²) in [4.78, 5) is 14.4. The Balaban J connectivity index is 2.16. The van der Waals surface area contributed by atoms with E-state index in [-0.39, 0.29) is 12.1 Å². The van der Waals surface area contributed by atoms with E-state index in [1.807, 2.05) is 23.1 Å². The molecule has 104 valence electrons. The molecule has 2 rings (SSSR count). The summed E-state index contributed by atoms with van der Waals surface area (Å²) in [6.07, 6.45) is 4.56. The minimum absolute atomic E-state index is 0.0711. The van der Waals surface area contributed by atoms with Gasteiger partial charge in [-0.25, -0.2) is 0 Å². The maximum absolute atomic E-state index is 12.4. The van der Waals surface area contributed by atoms with Gasteiger partial charge in [0.05, 0.1) is 0 Å². The molecular formula is C16H24N2O. The summed E-state index contributed by atoms with van der Waals surface area (Å²) in [6.45, 7) is 6.15. The van der Waals surface area contributed by atoms with Crippen molar-refractivity contribution in [3.8, 4) is 0 Å². The molecule has 1 aliphatic rings. The van der Waals surface area contributed by atoms with Gasteiger partial charge in [0.15, 0.2) is 0 Å². The van der Waals surface area contributed by atoms with Crippen LogP contribution in [0.5, 0.6) is 0 Å². The summed E-state index contributed by atoms with van der Waals surface area (Å²) in [6, 6.07) is 7.98. The molecule has 0 bridgehead atoms. The van der Waals surface area contributed by atoms with Crippen molar-refractivity contribution in [3.63, 3.8) is 0 Å². The molecule has 1 unspecified atom stereocenters. The summed E-state index contributed by atoms with van der Waals surface area (Å²) in [5, 5.41) is 3.53. The fraction of sp³-hybridized carbons (Fsp3) is 0.562. The van der Waals surface area contributed by atoms with Gasteiger partial charge in [0, 0.05) is 17.7 Å². The second-order valence-corrected chi connectivity index (χ2v) is 5.15. The molecule has 1 aliphatic heterocycles. The predicted molar refractivity (Wildman–Crippen MR) is 78.0 cm³/mol. The summed E-state index contributed by atoms with van der Waals surface area (Å²) in [5.74, 6) is 0.179. The maximum Gasteiger partial charge on any atom is 0.255 e. The van der Waals surface area contributed by atoms with Crippen LogP contribution in [0.25, 0.3) is 0 Å². The quantitative estimate of drug-likeness (QED) is 0.763. The van der Waals surface area contributed by atoms with Crippen LogP contribution in [-0.2, 0) is 0 Å².